The van der Waals surface area contributed by atoms with Gasteiger partial charge in [-0.2, -0.15) is 9.40 Å². The van der Waals surface area contributed by atoms with Gasteiger partial charge in [-0.05, 0) is 49.1 Å². The molecule has 35 heavy (non-hydrogen) atoms. The lowest BCUT2D eigenvalue weighted by Crippen LogP contribution is -2.39. The minimum atomic E-state index is -3.62. The van der Waals surface area contributed by atoms with E-state index in [1.165, 1.54) is 11.8 Å². The van der Waals surface area contributed by atoms with Crippen LogP contribution >= 0.6 is 24.0 Å². The molecule has 5 rings (SSSR count). The molecule has 1 atom stereocenters. The first kappa shape index (κ1) is 23.9. The predicted molar refractivity (Wildman–Crippen MR) is 142 cm³/mol. The quantitative estimate of drug-likeness (QED) is 0.392. The molecule has 3 aromatic rings. The van der Waals surface area contributed by atoms with Crippen molar-refractivity contribution in [2.75, 3.05) is 13.1 Å². The molecule has 2 aromatic carbocycles. The molecule has 0 spiro atoms. The van der Waals surface area contributed by atoms with E-state index in [-0.39, 0.29) is 10.8 Å². The highest BCUT2D eigenvalue weighted by Crippen LogP contribution is 2.32. The number of sulfonamides is 1. The third kappa shape index (κ3) is 4.97. The third-order valence-electron chi connectivity index (χ3n) is 6.06. The number of thioether (sulfide) groups is 1. The first-order valence-electron chi connectivity index (χ1n) is 11.3. The van der Waals surface area contributed by atoms with Crippen LogP contribution in [-0.4, -0.2) is 45.8 Å². The highest BCUT2D eigenvalue weighted by atomic mass is 32.2. The third-order valence-corrected chi connectivity index (χ3v) is 9.08. The number of carbonyl (C=O) groups excluding carboxylic acids is 1. The van der Waals surface area contributed by atoms with E-state index in [0.29, 0.717) is 45.1 Å². The zero-order valence-corrected chi connectivity index (χ0v) is 21.5. The van der Waals surface area contributed by atoms with Crippen molar-refractivity contribution in [3.05, 3.63) is 71.3 Å². The van der Waals surface area contributed by atoms with Gasteiger partial charge in [-0.15, -0.1) is 0 Å². The smallest absolute Gasteiger partial charge is 0.263 e. The van der Waals surface area contributed by atoms with Crippen molar-refractivity contribution in [1.82, 2.24) is 19.4 Å². The summed E-state index contributed by atoms with van der Waals surface area (Å²) in [5, 5.41) is 7.40. The van der Waals surface area contributed by atoms with Gasteiger partial charge in [-0.1, -0.05) is 61.2 Å². The van der Waals surface area contributed by atoms with Gasteiger partial charge < -0.3 is 5.32 Å². The van der Waals surface area contributed by atoms with Crippen molar-refractivity contribution in [2.24, 2.45) is 5.92 Å². The van der Waals surface area contributed by atoms with Gasteiger partial charge in [0.1, 0.15) is 10.0 Å². The SMILES string of the molecule is CC1CCCN(S(=O)(=O)c2cccc(-c3nn(-c4ccccc4)cc3/C=C3\SC(=S)NC3=O)c2)C1. The molecule has 0 saturated carbocycles. The summed E-state index contributed by atoms with van der Waals surface area (Å²) >= 11 is 6.32. The van der Waals surface area contributed by atoms with Crippen LogP contribution in [0.4, 0.5) is 0 Å². The zero-order chi connectivity index (χ0) is 24.6. The van der Waals surface area contributed by atoms with Crippen molar-refractivity contribution >= 4 is 50.3 Å². The van der Waals surface area contributed by atoms with E-state index >= 15 is 0 Å². The molecule has 3 heterocycles. The van der Waals surface area contributed by atoms with Crippen LogP contribution in [0, 0.1) is 5.92 Å². The van der Waals surface area contributed by atoms with Crippen molar-refractivity contribution in [2.45, 2.75) is 24.7 Å². The molecule has 2 saturated heterocycles. The largest absolute Gasteiger partial charge is 0.307 e. The maximum Gasteiger partial charge on any atom is 0.263 e. The highest BCUT2D eigenvalue weighted by molar-refractivity contribution is 8.26. The molecule has 2 aliphatic rings. The Morgan fingerprint density at radius 2 is 1.97 bits per heavy atom. The Morgan fingerprint density at radius 1 is 1.17 bits per heavy atom. The summed E-state index contributed by atoms with van der Waals surface area (Å²) in [4.78, 5) is 13.0. The van der Waals surface area contributed by atoms with Gasteiger partial charge in [-0.3, -0.25) is 4.79 Å². The van der Waals surface area contributed by atoms with Crippen LogP contribution in [0.3, 0.4) is 0 Å². The highest BCUT2D eigenvalue weighted by Gasteiger charge is 2.29. The van der Waals surface area contributed by atoms with Crippen molar-refractivity contribution < 1.29 is 13.2 Å². The van der Waals surface area contributed by atoms with Gasteiger partial charge in [-0.25, -0.2) is 13.1 Å². The molecule has 180 valence electrons. The Hall–Kier alpha value is -2.79. The monoisotopic (exact) mass is 524 g/mol. The lowest BCUT2D eigenvalue weighted by Gasteiger charge is -2.30. The van der Waals surface area contributed by atoms with Crippen LogP contribution in [0.25, 0.3) is 23.0 Å². The van der Waals surface area contributed by atoms with E-state index in [9.17, 15) is 13.2 Å². The number of para-hydroxylation sites is 1. The maximum absolute atomic E-state index is 13.4. The van der Waals surface area contributed by atoms with Crippen LogP contribution in [0.15, 0.2) is 70.6 Å². The number of hydrogen-bond acceptors (Lipinski definition) is 6. The Kier molecular flexibility index (Phi) is 6.63. The first-order valence-corrected chi connectivity index (χ1v) is 14.0. The predicted octanol–water partition coefficient (Wildman–Crippen LogP) is 4.45. The summed E-state index contributed by atoms with van der Waals surface area (Å²) < 4.78 is 30.5. The van der Waals surface area contributed by atoms with E-state index in [1.807, 2.05) is 42.6 Å². The minimum absolute atomic E-state index is 0.242. The van der Waals surface area contributed by atoms with E-state index < -0.39 is 10.0 Å². The van der Waals surface area contributed by atoms with Crippen LogP contribution in [-0.2, 0) is 14.8 Å². The molecular formula is C25H24N4O3S3. The van der Waals surface area contributed by atoms with Crippen LogP contribution < -0.4 is 5.32 Å². The van der Waals surface area contributed by atoms with Gasteiger partial charge in [0.2, 0.25) is 10.0 Å². The van der Waals surface area contributed by atoms with Crippen LogP contribution in [0.1, 0.15) is 25.3 Å². The van der Waals surface area contributed by atoms with Crippen molar-refractivity contribution in [3.8, 4) is 16.9 Å². The Balaban J connectivity index is 1.59. The summed E-state index contributed by atoms with van der Waals surface area (Å²) in [5.74, 6) is 0.0802. The molecule has 0 aliphatic carbocycles. The summed E-state index contributed by atoms with van der Waals surface area (Å²) in [6.07, 6.45) is 5.48. The van der Waals surface area contributed by atoms with Crippen molar-refractivity contribution in [1.29, 1.82) is 0 Å². The Bertz CT molecular complexity index is 1430. The molecule has 0 bridgehead atoms. The normalized spacial score (nSPS) is 20.4. The van der Waals surface area contributed by atoms with E-state index in [1.54, 1.807) is 33.3 Å². The number of hydrogen-bond donors (Lipinski definition) is 1. The number of carbonyl (C=O) groups is 1. The second-order valence-electron chi connectivity index (χ2n) is 8.70. The molecule has 7 nitrogen and oxygen atoms in total. The maximum atomic E-state index is 13.4. The number of aromatic nitrogens is 2. The number of amides is 1. The molecule has 1 aromatic heterocycles. The molecule has 1 N–H and O–H groups in total. The van der Waals surface area contributed by atoms with Gasteiger partial charge >= 0.3 is 0 Å². The van der Waals surface area contributed by atoms with Gasteiger partial charge in [0.05, 0.1) is 15.5 Å². The average Bonchev–Trinajstić information content (AvgIpc) is 3.42. The zero-order valence-electron chi connectivity index (χ0n) is 19.0. The fourth-order valence-corrected chi connectivity index (χ4v) is 6.99. The number of rotatable bonds is 5. The second-order valence-corrected chi connectivity index (χ2v) is 12.4. The fourth-order valence-electron chi connectivity index (χ4n) is 4.31. The van der Waals surface area contributed by atoms with E-state index in [0.717, 1.165) is 18.5 Å². The van der Waals surface area contributed by atoms with Crippen LogP contribution in [0.5, 0.6) is 0 Å². The van der Waals surface area contributed by atoms with Gasteiger partial charge in [0, 0.05) is 30.4 Å². The van der Waals surface area contributed by atoms with Gasteiger partial charge in [0.25, 0.3) is 5.91 Å². The standard InChI is InChI=1S/C25H24N4O3S3/c1-17-7-6-12-28(15-17)35(31,32)21-11-5-8-18(13-21)23-19(14-22-24(30)26-25(33)34-22)16-29(27-23)20-9-3-2-4-10-20/h2-5,8-11,13-14,16-17H,6-7,12,15H2,1H3,(H,26,30,33)/b22-14-. The second kappa shape index (κ2) is 9.69. The molecule has 10 heteroatoms. The number of piperidine rings is 1. The topological polar surface area (TPSA) is 84.3 Å². The average molecular weight is 525 g/mol. The van der Waals surface area contributed by atoms with Gasteiger partial charge in [0.15, 0.2) is 0 Å². The first-order chi connectivity index (χ1) is 16.8. The molecule has 2 aliphatic heterocycles. The molecule has 2 fully saturated rings. The summed E-state index contributed by atoms with van der Waals surface area (Å²) in [6.45, 7) is 3.14. The summed E-state index contributed by atoms with van der Waals surface area (Å²) in [6, 6.07) is 16.5. The molecular weight excluding hydrogens is 501 g/mol. The van der Waals surface area contributed by atoms with Crippen molar-refractivity contribution in [3.63, 3.8) is 0 Å². The fraction of sp³-hybridized carbons (Fsp3) is 0.240. The number of thiocarbonyl (C=S) groups is 1. The molecule has 1 unspecified atom stereocenters. The minimum Gasteiger partial charge on any atom is -0.307 e. The summed E-state index contributed by atoms with van der Waals surface area (Å²) in [7, 11) is -3.62. The Labute approximate surface area is 214 Å². The number of benzene rings is 2. The molecule has 1 amide bonds. The Morgan fingerprint density at radius 3 is 2.69 bits per heavy atom. The number of nitrogens with zero attached hydrogens (tertiary/aromatic N) is 3. The number of nitrogens with one attached hydrogen (secondary N) is 1. The molecule has 0 radical (unpaired) electrons. The van der Waals surface area contributed by atoms with E-state index in [2.05, 4.69) is 12.2 Å². The lowest BCUT2D eigenvalue weighted by molar-refractivity contribution is -0.115. The summed E-state index contributed by atoms with van der Waals surface area (Å²) in [5.41, 5.74) is 2.78. The van der Waals surface area contributed by atoms with Crippen LogP contribution in [0.2, 0.25) is 0 Å². The van der Waals surface area contributed by atoms with E-state index in [4.69, 9.17) is 17.3 Å². The lowest BCUT2D eigenvalue weighted by atomic mass is 10.0.